The van der Waals surface area contributed by atoms with E-state index >= 15 is 0 Å². The van der Waals surface area contributed by atoms with Gasteiger partial charge in [0.25, 0.3) is 0 Å². The molecule has 0 aliphatic carbocycles. The second-order valence-electron chi connectivity index (χ2n) is 5.32. The minimum Gasteiger partial charge on any atom is -0.383 e. The molecular weight excluding hydrogens is 275 g/mol. The van der Waals surface area contributed by atoms with Gasteiger partial charge in [-0.1, -0.05) is 0 Å². The summed E-state index contributed by atoms with van der Waals surface area (Å²) in [4.78, 5) is 3.99. The van der Waals surface area contributed by atoms with Gasteiger partial charge in [-0.15, -0.1) is 0 Å². The summed E-state index contributed by atoms with van der Waals surface area (Å²) in [5.74, 6) is 0. The number of hydrogen-bond acceptors (Lipinski definition) is 3. The smallest absolute Gasteiger partial charge is 0.383 e. The summed E-state index contributed by atoms with van der Waals surface area (Å²) in [6.07, 6.45) is -0.172. The van der Waals surface area contributed by atoms with Crippen molar-refractivity contribution in [2.45, 2.75) is 48.0 Å². The fourth-order valence-electron chi connectivity index (χ4n) is 2.99. The molecule has 2 nitrogen and oxygen atoms in total. The van der Waals surface area contributed by atoms with E-state index in [1.165, 1.54) is 0 Å². The van der Waals surface area contributed by atoms with E-state index in [4.69, 9.17) is 0 Å². The quantitative estimate of drug-likeness (QED) is 0.860. The number of halogens is 3. The molecule has 3 rings (SSSR count). The lowest BCUT2D eigenvalue weighted by Gasteiger charge is -2.35. The van der Waals surface area contributed by atoms with Gasteiger partial charge in [0.05, 0.1) is 11.3 Å². The molecule has 2 fully saturated rings. The fraction of sp³-hybridized carbons (Fsp3) is 0.615. The molecule has 2 aliphatic heterocycles. The van der Waals surface area contributed by atoms with Crippen LogP contribution in [0.25, 0.3) is 0 Å². The van der Waals surface area contributed by atoms with Crippen LogP contribution >= 0.6 is 11.8 Å². The predicted octanol–water partition coefficient (Wildman–Crippen LogP) is 3.35. The van der Waals surface area contributed by atoms with Gasteiger partial charge in [-0.3, -0.25) is 4.98 Å². The Morgan fingerprint density at radius 3 is 2.47 bits per heavy atom. The highest BCUT2D eigenvalue weighted by Crippen LogP contribution is 2.51. The van der Waals surface area contributed by atoms with E-state index < -0.39 is 17.3 Å². The molecule has 1 N–H and O–H groups in total. The van der Waals surface area contributed by atoms with E-state index in [1.807, 2.05) is 11.8 Å². The van der Waals surface area contributed by atoms with Crippen LogP contribution in [0.4, 0.5) is 13.2 Å². The summed E-state index contributed by atoms with van der Waals surface area (Å²) >= 11 is 1.85. The van der Waals surface area contributed by atoms with Gasteiger partial charge >= 0.3 is 6.18 Å². The summed E-state index contributed by atoms with van der Waals surface area (Å²) in [5, 5.41) is 11.4. The van der Waals surface area contributed by atoms with E-state index in [9.17, 15) is 18.3 Å². The van der Waals surface area contributed by atoms with Gasteiger partial charge in [-0.05, 0) is 37.8 Å². The van der Waals surface area contributed by atoms with Crippen molar-refractivity contribution in [2.75, 3.05) is 0 Å². The molecule has 2 atom stereocenters. The average Bonchev–Trinajstić information content (AvgIpc) is 2.68. The molecular formula is C13H14F3NOS. The van der Waals surface area contributed by atoms with Crippen molar-refractivity contribution in [2.24, 2.45) is 0 Å². The number of nitrogens with zero attached hydrogens (tertiary/aromatic N) is 1. The van der Waals surface area contributed by atoms with Gasteiger partial charge in [-0.25, -0.2) is 0 Å². The molecule has 19 heavy (non-hydrogen) atoms. The molecule has 1 aromatic rings. The Hall–Kier alpha value is -0.750. The van der Waals surface area contributed by atoms with Crippen LogP contribution < -0.4 is 0 Å². The van der Waals surface area contributed by atoms with Crippen LogP contribution in [0.5, 0.6) is 0 Å². The first kappa shape index (κ1) is 13.2. The molecule has 2 aliphatic rings. The first-order valence-corrected chi connectivity index (χ1v) is 7.23. The van der Waals surface area contributed by atoms with Crippen LogP contribution in [0.3, 0.4) is 0 Å². The van der Waals surface area contributed by atoms with Crippen LogP contribution in [-0.2, 0) is 11.8 Å². The maximum absolute atomic E-state index is 12.7. The number of aliphatic hydroxyl groups is 1. The zero-order valence-electron chi connectivity index (χ0n) is 10.2. The summed E-state index contributed by atoms with van der Waals surface area (Å²) in [7, 11) is 0. The third-order valence-corrected chi connectivity index (χ3v) is 5.46. The standard InChI is InChI=1S/C13H14F3NOS/c14-13(15,16)8-3-4-17-11(5-8)12(18)6-9-1-2-10(7-12)19-9/h3-5,9-10,18H,1-2,6-7H2. The largest absolute Gasteiger partial charge is 0.416 e. The van der Waals surface area contributed by atoms with Crippen molar-refractivity contribution < 1.29 is 18.3 Å². The van der Waals surface area contributed by atoms with Crippen molar-refractivity contribution in [1.29, 1.82) is 0 Å². The van der Waals surface area contributed by atoms with Gasteiger partial charge in [0.1, 0.15) is 5.60 Å². The Kier molecular flexibility index (Phi) is 3.05. The fourth-order valence-corrected chi connectivity index (χ4v) is 4.82. The number of rotatable bonds is 1. The molecule has 2 bridgehead atoms. The summed E-state index contributed by atoms with van der Waals surface area (Å²) in [5.41, 5.74) is -1.77. The lowest BCUT2D eigenvalue weighted by atomic mass is 9.89. The second kappa shape index (κ2) is 4.38. The molecule has 104 valence electrons. The second-order valence-corrected chi connectivity index (χ2v) is 6.93. The van der Waals surface area contributed by atoms with Gasteiger partial charge in [0.15, 0.2) is 0 Å². The Bertz CT molecular complexity index is 479. The van der Waals surface area contributed by atoms with E-state index in [2.05, 4.69) is 4.98 Å². The van der Waals surface area contributed by atoms with Gasteiger partial charge < -0.3 is 5.11 Å². The van der Waals surface area contributed by atoms with Gasteiger partial charge in [0, 0.05) is 16.7 Å². The average molecular weight is 289 g/mol. The van der Waals surface area contributed by atoms with Crippen molar-refractivity contribution in [3.05, 3.63) is 29.6 Å². The van der Waals surface area contributed by atoms with Crippen LogP contribution in [-0.4, -0.2) is 20.6 Å². The molecule has 3 heterocycles. The van der Waals surface area contributed by atoms with Crippen molar-refractivity contribution in [1.82, 2.24) is 4.98 Å². The van der Waals surface area contributed by atoms with Gasteiger partial charge in [0.2, 0.25) is 0 Å². The minimum absolute atomic E-state index is 0.166. The summed E-state index contributed by atoms with van der Waals surface area (Å²) < 4.78 is 38.1. The number of thioether (sulfide) groups is 1. The highest BCUT2D eigenvalue weighted by atomic mass is 32.2. The van der Waals surface area contributed by atoms with Crippen molar-refractivity contribution >= 4 is 11.8 Å². The van der Waals surface area contributed by atoms with Crippen LogP contribution in [0.2, 0.25) is 0 Å². The normalized spacial score (nSPS) is 34.5. The lowest BCUT2D eigenvalue weighted by molar-refractivity contribution is -0.137. The Balaban J connectivity index is 1.93. The third kappa shape index (κ3) is 2.48. The third-order valence-electron chi connectivity index (χ3n) is 3.89. The Morgan fingerprint density at radius 2 is 1.89 bits per heavy atom. The van der Waals surface area contributed by atoms with Crippen molar-refractivity contribution in [3.8, 4) is 0 Å². The molecule has 2 unspecified atom stereocenters. The molecule has 0 radical (unpaired) electrons. The van der Waals surface area contributed by atoms with E-state index in [1.54, 1.807) is 0 Å². The summed E-state index contributed by atoms with van der Waals surface area (Å²) in [6, 6.07) is 1.94. The molecule has 2 saturated heterocycles. The van der Waals surface area contributed by atoms with Gasteiger partial charge in [-0.2, -0.15) is 24.9 Å². The number of alkyl halides is 3. The Labute approximate surface area is 113 Å². The van der Waals surface area contributed by atoms with E-state index in [-0.39, 0.29) is 5.69 Å². The molecule has 0 saturated carbocycles. The van der Waals surface area contributed by atoms with Crippen LogP contribution in [0.1, 0.15) is 36.9 Å². The van der Waals surface area contributed by atoms with Crippen molar-refractivity contribution in [3.63, 3.8) is 0 Å². The first-order chi connectivity index (χ1) is 8.87. The lowest BCUT2D eigenvalue weighted by Crippen LogP contribution is -2.35. The maximum Gasteiger partial charge on any atom is 0.416 e. The highest BCUT2D eigenvalue weighted by molar-refractivity contribution is 8.00. The topological polar surface area (TPSA) is 33.1 Å². The zero-order valence-corrected chi connectivity index (χ0v) is 11.0. The van der Waals surface area contributed by atoms with Crippen LogP contribution in [0.15, 0.2) is 18.3 Å². The first-order valence-electron chi connectivity index (χ1n) is 6.28. The number of aromatic nitrogens is 1. The maximum atomic E-state index is 12.7. The molecule has 0 aromatic carbocycles. The molecule has 1 aromatic heterocycles. The zero-order chi connectivity index (χ0) is 13.7. The Morgan fingerprint density at radius 1 is 1.26 bits per heavy atom. The SMILES string of the molecule is OC1(c2cc(C(F)(F)F)ccn2)CC2CCC(C1)S2. The number of fused-ring (bicyclic) bond motifs is 2. The minimum atomic E-state index is -4.39. The van der Waals surface area contributed by atoms with Crippen LogP contribution in [0, 0.1) is 0 Å². The summed E-state index contributed by atoms with van der Waals surface area (Å²) in [6.45, 7) is 0. The van der Waals surface area contributed by atoms with E-state index in [0.29, 0.717) is 23.3 Å². The predicted molar refractivity (Wildman–Crippen MR) is 66.8 cm³/mol. The number of pyridine rings is 1. The highest BCUT2D eigenvalue weighted by Gasteiger charge is 2.45. The monoisotopic (exact) mass is 289 g/mol. The molecule has 0 spiro atoms. The molecule has 6 heteroatoms. The number of hydrogen-bond donors (Lipinski definition) is 1. The van der Waals surface area contributed by atoms with E-state index in [0.717, 1.165) is 31.2 Å². The molecule has 0 amide bonds.